The maximum absolute atomic E-state index is 5.92. The first-order chi connectivity index (χ1) is 18.8. The first-order valence-electron chi connectivity index (χ1n) is 17.2. The van der Waals surface area contributed by atoms with Crippen molar-refractivity contribution < 1.29 is 4.74 Å². The van der Waals surface area contributed by atoms with Crippen molar-refractivity contribution in [1.29, 1.82) is 0 Å². The zero-order chi connectivity index (χ0) is 29.1. The average molecular weight is 539 g/mol. The van der Waals surface area contributed by atoms with Gasteiger partial charge in [0.05, 0.1) is 6.61 Å². The summed E-state index contributed by atoms with van der Waals surface area (Å²) in [6.45, 7) is 21.7. The van der Waals surface area contributed by atoms with Crippen LogP contribution in [0, 0.1) is 64.6 Å². The lowest BCUT2D eigenvalue weighted by molar-refractivity contribution is -0.0929. The molecule has 0 aliphatic heterocycles. The molecule has 4 aliphatic rings. The van der Waals surface area contributed by atoms with E-state index in [4.69, 9.17) is 11.2 Å². The Morgan fingerprint density at radius 2 is 1.67 bits per heavy atom. The fraction of sp³-hybridized carbons (Fsp3) is 0.842. The van der Waals surface area contributed by atoms with Gasteiger partial charge in [0.1, 0.15) is 0 Å². The highest BCUT2D eigenvalue weighted by molar-refractivity contribution is 5.26. The summed E-state index contributed by atoms with van der Waals surface area (Å²) in [4.78, 5) is 0. The van der Waals surface area contributed by atoms with E-state index in [1.807, 2.05) is 34.6 Å². The van der Waals surface area contributed by atoms with Crippen LogP contribution < -0.4 is 0 Å². The van der Waals surface area contributed by atoms with Gasteiger partial charge in [0.15, 0.2) is 0 Å². The molecule has 0 aromatic rings. The fourth-order valence-electron chi connectivity index (χ4n) is 9.84. The van der Waals surface area contributed by atoms with Crippen molar-refractivity contribution in [1.82, 2.24) is 0 Å². The Morgan fingerprint density at radius 3 is 2.33 bits per heavy atom. The van der Waals surface area contributed by atoms with Crippen LogP contribution in [0.25, 0.3) is 0 Å². The highest BCUT2D eigenvalue weighted by Crippen LogP contribution is 2.66. The minimum atomic E-state index is 0.434. The molecule has 0 N–H and O–H groups in total. The largest absolute Gasteiger partial charge is 0.381 e. The van der Waals surface area contributed by atoms with Crippen LogP contribution in [-0.2, 0) is 4.74 Å². The Balaban J connectivity index is 0.00000127. The van der Waals surface area contributed by atoms with Crippen molar-refractivity contribution in [3.8, 4) is 12.3 Å². The zero-order valence-electron chi connectivity index (χ0n) is 27.7. The molecule has 0 aromatic heterocycles. The van der Waals surface area contributed by atoms with Crippen LogP contribution in [0.4, 0.5) is 0 Å². The smallest absolute Gasteiger partial charge is 0.0519 e. The second-order valence-corrected chi connectivity index (χ2v) is 13.5. The molecule has 0 bridgehead atoms. The average Bonchev–Trinajstić information content (AvgIpc) is 3.32. The minimum absolute atomic E-state index is 0.434. The molecule has 0 saturated heterocycles. The van der Waals surface area contributed by atoms with E-state index in [0.717, 1.165) is 60.2 Å². The van der Waals surface area contributed by atoms with Crippen molar-refractivity contribution in [3.05, 3.63) is 23.8 Å². The van der Waals surface area contributed by atoms with E-state index in [-0.39, 0.29) is 0 Å². The third kappa shape index (κ3) is 8.06. The molecule has 4 fully saturated rings. The van der Waals surface area contributed by atoms with Gasteiger partial charge in [0.25, 0.3) is 0 Å². The molecule has 4 rings (SSSR count). The SMILES string of the molecule is C#C/C(C)=C/C=C\CCC(CC)C1CCC2C3CCC4C[C@@](C)(COCC)CCC4C3CCC12C.CC.CC. The first kappa shape index (κ1) is 34.2. The monoisotopic (exact) mass is 539 g/mol. The van der Waals surface area contributed by atoms with Gasteiger partial charge in [-0.3, -0.25) is 0 Å². The van der Waals surface area contributed by atoms with Crippen LogP contribution >= 0.6 is 0 Å². The van der Waals surface area contributed by atoms with Gasteiger partial charge in [-0.05, 0) is 142 Å². The topological polar surface area (TPSA) is 9.23 Å². The lowest BCUT2D eigenvalue weighted by Gasteiger charge is -2.58. The van der Waals surface area contributed by atoms with Crippen molar-refractivity contribution >= 4 is 0 Å². The van der Waals surface area contributed by atoms with E-state index in [1.54, 1.807) is 0 Å². The highest BCUT2D eigenvalue weighted by Gasteiger charge is 2.58. The Bertz CT molecular complexity index is 800. The second-order valence-electron chi connectivity index (χ2n) is 13.5. The van der Waals surface area contributed by atoms with E-state index in [2.05, 4.69) is 51.8 Å². The normalized spacial score (nSPS) is 38.2. The van der Waals surface area contributed by atoms with Crippen molar-refractivity contribution in [3.63, 3.8) is 0 Å². The van der Waals surface area contributed by atoms with E-state index in [0.29, 0.717) is 10.8 Å². The van der Waals surface area contributed by atoms with Gasteiger partial charge < -0.3 is 4.74 Å². The molecule has 8 unspecified atom stereocenters. The molecule has 4 saturated carbocycles. The summed E-state index contributed by atoms with van der Waals surface area (Å²) in [6, 6.07) is 0. The van der Waals surface area contributed by atoms with Crippen LogP contribution in [-0.4, -0.2) is 13.2 Å². The van der Waals surface area contributed by atoms with E-state index < -0.39 is 0 Å². The summed E-state index contributed by atoms with van der Waals surface area (Å²) in [5.41, 5.74) is 2.04. The Kier molecular flexibility index (Phi) is 14.4. The van der Waals surface area contributed by atoms with Crippen molar-refractivity contribution in [2.45, 2.75) is 139 Å². The van der Waals surface area contributed by atoms with Gasteiger partial charge in [0, 0.05) is 6.61 Å². The number of fused-ring (bicyclic) bond motifs is 5. The first-order valence-corrected chi connectivity index (χ1v) is 17.2. The van der Waals surface area contributed by atoms with Gasteiger partial charge in [-0.25, -0.2) is 0 Å². The third-order valence-electron chi connectivity index (χ3n) is 11.6. The fourth-order valence-corrected chi connectivity index (χ4v) is 9.84. The Hall–Kier alpha value is -1.00. The standard InChI is InChI=1S/C34H54O.2C2H6/c1-7-25(4)13-11-10-12-14-26(8-2)31-17-18-32-30-16-15-27-23-33(5,24-35-9-3)21-19-28(27)29(30)20-22-34(31,32)6;2*1-2/h1,10-11,13,26-32H,8-9,12,14-24H2,2-6H3;2*1-2H3/b11-10-,25-13+;;/t26?,27?,28?,29?,30?,31?,32?,33-,34?;;/m0../s1. The predicted molar refractivity (Wildman–Crippen MR) is 173 cm³/mol. The molecule has 0 amide bonds. The maximum Gasteiger partial charge on any atom is 0.0519 e. The summed E-state index contributed by atoms with van der Waals surface area (Å²) < 4.78 is 5.92. The number of hydrogen-bond donors (Lipinski definition) is 0. The molecule has 4 aliphatic carbocycles. The van der Waals surface area contributed by atoms with Crippen LogP contribution in [0.2, 0.25) is 0 Å². The number of ether oxygens (including phenoxy) is 1. The van der Waals surface area contributed by atoms with Gasteiger partial charge >= 0.3 is 0 Å². The van der Waals surface area contributed by atoms with Crippen LogP contribution in [0.3, 0.4) is 0 Å². The van der Waals surface area contributed by atoms with Crippen LogP contribution in [0.5, 0.6) is 0 Å². The maximum atomic E-state index is 5.92. The molecule has 1 heteroatoms. The summed E-state index contributed by atoms with van der Waals surface area (Å²) in [6.07, 6.45) is 29.3. The van der Waals surface area contributed by atoms with E-state index in [9.17, 15) is 0 Å². The van der Waals surface area contributed by atoms with Gasteiger partial charge in [-0.15, -0.1) is 6.42 Å². The molecular weight excluding hydrogens is 472 g/mol. The molecule has 0 spiro atoms. The number of allylic oxidation sites excluding steroid dienone is 4. The molecule has 9 atom stereocenters. The molecular formula is C38H66O. The molecule has 0 heterocycles. The molecule has 224 valence electrons. The van der Waals surface area contributed by atoms with Gasteiger partial charge in [0.2, 0.25) is 0 Å². The quantitative estimate of drug-likeness (QED) is 0.209. The third-order valence-corrected chi connectivity index (χ3v) is 11.6. The lowest BCUT2D eigenvalue weighted by Crippen LogP contribution is -2.50. The lowest BCUT2D eigenvalue weighted by atomic mass is 9.47. The van der Waals surface area contributed by atoms with Crippen LogP contribution in [0.1, 0.15) is 139 Å². The van der Waals surface area contributed by atoms with Gasteiger partial charge in [-0.2, -0.15) is 0 Å². The zero-order valence-corrected chi connectivity index (χ0v) is 27.7. The van der Waals surface area contributed by atoms with Crippen LogP contribution in [0.15, 0.2) is 23.8 Å². The molecule has 0 aromatic carbocycles. The Labute approximate surface area is 245 Å². The van der Waals surface area contributed by atoms with Gasteiger partial charge in [-0.1, -0.05) is 79.0 Å². The summed E-state index contributed by atoms with van der Waals surface area (Å²) in [5, 5.41) is 0. The summed E-state index contributed by atoms with van der Waals surface area (Å²) >= 11 is 0. The predicted octanol–water partition coefficient (Wildman–Crippen LogP) is 11.3. The van der Waals surface area contributed by atoms with E-state index >= 15 is 0 Å². The van der Waals surface area contributed by atoms with E-state index in [1.165, 1.54) is 77.0 Å². The highest BCUT2D eigenvalue weighted by atomic mass is 16.5. The minimum Gasteiger partial charge on any atom is -0.381 e. The summed E-state index contributed by atoms with van der Waals surface area (Å²) in [7, 11) is 0. The number of rotatable bonds is 9. The Morgan fingerprint density at radius 1 is 0.949 bits per heavy atom. The second kappa shape index (κ2) is 16.4. The summed E-state index contributed by atoms with van der Waals surface area (Å²) in [5.74, 6) is 9.56. The van der Waals surface area contributed by atoms with Crippen molar-refractivity contribution in [2.24, 2.45) is 52.3 Å². The molecule has 39 heavy (non-hydrogen) atoms. The van der Waals surface area contributed by atoms with Crippen molar-refractivity contribution in [2.75, 3.05) is 13.2 Å². The number of hydrogen-bond acceptors (Lipinski definition) is 1. The number of terminal acetylenes is 1. The molecule has 0 radical (unpaired) electrons. The molecule has 1 nitrogen and oxygen atoms in total.